The molecule has 0 aliphatic heterocycles. The van der Waals surface area contributed by atoms with E-state index in [-0.39, 0.29) is 0 Å². The van der Waals surface area contributed by atoms with Crippen LogP contribution in [0.3, 0.4) is 0 Å². The van der Waals surface area contributed by atoms with Crippen molar-refractivity contribution < 1.29 is 0 Å². The lowest BCUT2D eigenvalue weighted by atomic mass is 9.47. The third-order valence-corrected chi connectivity index (χ3v) is 9.41. The summed E-state index contributed by atoms with van der Waals surface area (Å²) in [5, 5.41) is 9.39. The molecule has 0 radical (unpaired) electrons. The van der Waals surface area contributed by atoms with Gasteiger partial charge < -0.3 is 0 Å². The highest BCUT2D eigenvalue weighted by molar-refractivity contribution is 5.21. The topological polar surface area (TPSA) is 23.8 Å². The Labute approximate surface area is 156 Å². The summed E-state index contributed by atoms with van der Waals surface area (Å²) in [6, 6.07) is 2.56. The Bertz CT molecular complexity index is 557. The van der Waals surface area contributed by atoms with E-state index >= 15 is 0 Å². The zero-order chi connectivity index (χ0) is 18.4. The molecule has 140 valence electrons. The standard InChI is InChI=1S/C24H39N/c1-7-16(2)22-20-9-8-17(3)23(20,5)13-11-21(22)24(6)12-10-19(15-25)14-18(24)4/h16,18-22H,3,7-14H2,1-2,4-6H3. The van der Waals surface area contributed by atoms with Crippen LogP contribution in [0.4, 0.5) is 0 Å². The van der Waals surface area contributed by atoms with Crippen molar-refractivity contribution >= 4 is 0 Å². The van der Waals surface area contributed by atoms with E-state index in [1.165, 1.54) is 44.1 Å². The van der Waals surface area contributed by atoms with E-state index in [0.717, 1.165) is 36.5 Å². The number of hydrogen-bond acceptors (Lipinski definition) is 1. The fraction of sp³-hybridized carbons (Fsp3) is 0.875. The second kappa shape index (κ2) is 6.75. The maximum absolute atomic E-state index is 9.39. The van der Waals surface area contributed by atoms with Gasteiger partial charge in [-0.2, -0.15) is 5.26 Å². The largest absolute Gasteiger partial charge is 0.198 e. The van der Waals surface area contributed by atoms with E-state index in [1.54, 1.807) is 0 Å². The van der Waals surface area contributed by atoms with E-state index in [2.05, 4.69) is 47.3 Å². The molecule has 0 aromatic heterocycles. The fourth-order valence-electron chi connectivity index (χ4n) is 7.15. The predicted octanol–water partition coefficient (Wildman–Crippen LogP) is 7.00. The van der Waals surface area contributed by atoms with Gasteiger partial charge in [0.15, 0.2) is 0 Å². The van der Waals surface area contributed by atoms with Crippen molar-refractivity contribution in [2.45, 2.75) is 86.0 Å². The molecule has 0 aromatic carbocycles. The Balaban J connectivity index is 1.92. The lowest BCUT2D eigenvalue weighted by molar-refractivity contribution is -0.0782. The van der Waals surface area contributed by atoms with Crippen molar-refractivity contribution in [1.29, 1.82) is 5.26 Å². The lowest BCUT2D eigenvalue weighted by Gasteiger charge is -2.57. The van der Waals surface area contributed by atoms with Gasteiger partial charge in [0.05, 0.1) is 6.07 Å². The Morgan fingerprint density at radius 3 is 2.52 bits per heavy atom. The number of allylic oxidation sites excluding steroid dienone is 1. The number of nitrogens with zero attached hydrogens (tertiary/aromatic N) is 1. The molecule has 0 spiro atoms. The molecule has 3 rings (SSSR count). The van der Waals surface area contributed by atoms with E-state index in [1.807, 2.05) is 0 Å². The van der Waals surface area contributed by atoms with Crippen LogP contribution < -0.4 is 0 Å². The van der Waals surface area contributed by atoms with Crippen LogP contribution >= 0.6 is 0 Å². The highest BCUT2D eigenvalue weighted by Gasteiger charge is 2.56. The van der Waals surface area contributed by atoms with Crippen LogP contribution in [-0.2, 0) is 0 Å². The van der Waals surface area contributed by atoms with Gasteiger partial charge in [-0.3, -0.25) is 0 Å². The van der Waals surface area contributed by atoms with Crippen molar-refractivity contribution in [1.82, 2.24) is 0 Å². The number of fused-ring (bicyclic) bond motifs is 1. The molecule has 0 N–H and O–H groups in total. The van der Waals surface area contributed by atoms with Gasteiger partial charge in [0.2, 0.25) is 0 Å². The third kappa shape index (κ3) is 2.89. The van der Waals surface area contributed by atoms with E-state index in [4.69, 9.17) is 0 Å². The molecule has 8 atom stereocenters. The molecule has 0 aromatic rings. The molecule has 8 unspecified atom stereocenters. The van der Waals surface area contributed by atoms with Gasteiger partial charge in [0.1, 0.15) is 0 Å². The summed E-state index contributed by atoms with van der Waals surface area (Å²) in [6.45, 7) is 16.9. The Hall–Kier alpha value is -0.770. The van der Waals surface area contributed by atoms with Crippen LogP contribution in [0.1, 0.15) is 86.0 Å². The SMILES string of the molecule is C=C1CCC2C(C(C)CC)C(C3(C)CCC(C#N)CC3C)CCC12C. The molecular weight excluding hydrogens is 302 g/mol. The first-order valence-electron chi connectivity index (χ1n) is 10.9. The van der Waals surface area contributed by atoms with Crippen LogP contribution in [0.15, 0.2) is 12.2 Å². The molecule has 3 saturated carbocycles. The van der Waals surface area contributed by atoms with Crippen LogP contribution in [0, 0.1) is 57.7 Å². The van der Waals surface area contributed by atoms with Gasteiger partial charge in [-0.05, 0) is 85.4 Å². The van der Waals surface area contributed by atoms with Crippen LogP contribution in [-0.4, -0.2) is 0 Å². The van der Waals surface area contributed by atoms with Gasteiger partial charge in [-0.25, -0.2) is 0 Å². The van der Waals surface area contributed by atoms with Crippen LogP contribution in [0.2, 0.25) is 0 Å². The zero-order valence-electron chi connectivity index (χ0n) is 17.3. The van der Waals surface area contributed by atoms with Gasteiger partial charge >= 0.3 is 0 Å². The van der Waals surface area contributed by atoms with E-state index < -0.39 is 0 Å². The molecule has 0 heterocycles. The second-order valence-electron chi connectivity index (χ2n) is 10.3. The first-order chi connectivity index (χ1) is 11.8. The molecule has 0 saturated heterocycles. The third-order valence-electron chi connectivity index (χ3n) is 9.41. The number of rotatable bonds is 3. The summed E-state index contributed by atoms with van der Waals surface area (Å²) in [4.78, 5) is 0. The minimum absolute atomic E-state index is 0.297. The predicted molar refractivity (Wildman–Crippen MR) is 106 cm³/mol. The first kappa shape index (κ1) is 19.0. The van der Waals surface area contributed by atoms with Gasteiger partial charge in [0.25, 0.3) is 0 Å². The summed E-state index contributed by atoms with van der Waals surface area (Å²) in [5.74, 6) is 4.29. The maximum Gasteiger partial charge on any atom is 0.0655 e. The molecule has 3 fully saturated rings. The zero-order valence-corrected chi connectivity index (χ0v) is 17.3. The Morgan fingerprint density at radius 1 is 1.20 bits per heavy atom. The van der Waals surface area contributed by atoms with Crippen molar-refractivity contribution in [3.63, 3.8) is 0 Å². The average Bonchev–Trinajstić information content (AvgIpc) is 2.91. The van der Waals surface area contributed by atoms with Crippen molar-refractivity contribution in [2.24, 2.45) is 46.3 Å². The normalized spacial score (nSPS) is 48.6. The molecule has 0 amide bonds. The quantitative estimate of drug-likeness (QED) is 0.507. The number of hydrogen-bond donors (Lipinski definition) is 0. The highest BCUT2D eigenvalue weighted by atomic mass is 14.6. The van der Waals surface area contributed by atoms with Crippen LogP contribution in [0.5, 0.6) is 0 Å². The van der Waals surface area contributed by atoms with Gasteiger partial charge in [0, 0.05) is 5.92 Å². The van der Waals surface area contributed by atoms with Crippen LogP contribution in [0.25, 0.3) is 0 Å². The molecule has 25 heavy (non-hydrogen) atoms. The summed E-state index contributed by atoms with van der Waals surface area (Å²) in [5.41, 5.74) is 2.36. The minimum Gasteiger partial charge on any atom is -0.198 e. The first-order valence-corrected chi connectivity index (χ1v) is 10.9. The smallest absolute Gasteiger partial charge is 0.0655 e. The van der Waals surface area contributed by atoms with Crippen molar-refractivity contribution in [3.05, 3.63) is 12.2 Å². The highest BCUT2D eigenvalue weighted by Crippen LogP contribution is 2.65. The molecule has 3 aliphatic rings. The summed E-state index contributed by atoms with van der Waals surface area (Å²) in [6.07, 6.45) is 10.1. The van der Waals surface area contributed by atoms with E-state index in [0.29, 0.717) is 22.7 Å². The molecular formula is C24H39N. The fourth-order valence-corrected chi connectivity index (χ4v) is 7.15. The summed E-state index contributed by atoms with van der Waals surface area (Å²) >= 11 is 0. The molecule has 3 aliphatic carbocycles. The average molecular weight is 342 g/mol. The maximum atomic E-state index is 9.39. The monoisotopic (exact) mass is 341 g/mol. The van der Waals surface area contributed by atoms with Crippen molar-refractivity contribution in [3.8, 4) is 6.07 Å². The summed E-state index contributed by atoms with van der Waals surface area (Å²) < 4.78 is 0. The second-order valence-corrected chi connectivity index (χ2v) is 10.3. The van der Waals surface area contributed by atoms with E-state index in [9.17, 15) is 5.26 Å². The summed E-state index contributed by atoms with van der Waals surface area (Å²) in [7, 11) is 0. The Morgan fingerprint density at radius 2 is 1.92 bits per heavy atom. The Kier molecular flexibility index (Phi) is 5.13. The minimum atomic E-state index is 0.297. The molecule has 1 nitrogen and oxygen atoms in total. The molecule has 1 heteroatoms. The van der Waals surface area contributed by atoms with Crippen molar-refractivity contribution in [2.75, 3.05) is 0 Å². The number of nitriles is 1. The van der Waals surface area contributed by atoms with Gasteiger partial charge in [-0.1, -0.05) is 53.2 Å². The van der Waals surface area contributed by atoms with Gasteiger partial charge in [-0.15, -0.1) is 0 Å². The lowest BCUT2D eigenvalue weighted by Crippen LogP contribution is -2.50. The molecule has 0 bridgehead atoms.